The zero-order chi connectivity index (χ0) is 21.3. The van der Waals surface area contributed by atoms with Gasteiger partial charge in [0.05, 0.1) is 17.5 Å². The third-order valence-electron chi connectivity index (χ3n) is 4.04. The van der Waals surface area contributed by atoms with Crippen LogP contribution in [-0.2, 0) is 4.79 Å². The fraction of sp³-hybridized carbons (Fsp3) is 0. The summed E-state index contributed by atoms with van der Waals surface area (Å²) in [6.07, 6.45) is 4.30. The van der Waals surface area contributed by atoms with Gasteiger partial charge < -0.3 is 15.5 Å². The maximum absolute atomic E-state index is 12.5. The fourth-order valence-corrected chi connectivity index (χ4v) is 2.56. The number of carbonyl (C=O) groups is 2. The van der Waals surface area contributed by atoms with Crippen LogP contribution < -0.4 is 10.7 Å². The van der Waals surface area contributed by atoms with Crippen molar-refractivity contribution >= 4 is 29.8 Å². The van der Waals surface area contributed by atoms with Crippen molar-refractivity contribution in [1.82, 2.24) is 5.43 Å². The van der Waals surface area contributed by atoms with Crippen LogP contribution in [0.25, 0.3) is 6.08 Å². The van der Waals surface area contributed by atoms with E-state index in [1.54, 1.807) is 30.3 Å². The molecule has 0 radical (unpaired) electrons. The van der Waals surface area contributed by atoms with E-state index in [-0.39, 0.29) is 23.0 Å². The van der Waals surface area contributed by atoms with E-state index in [0.717, 1.165) is 11.6 Å². The van der Waals surface area contributed by atoms with E-state index in [1.165, 1.54) is 24.4 Å². The van der Waals surface area contributed by atoms with Crippen LogP contribution in [0.3, 0.4) is 0 Å². The summed E-state index contributed by atoms with van der Waals surface area (Å²) < 4.78 is 0. The van der Waals surface area contributed by atoms with Gasteiger partial charge in [-0.1, -0.05) is 42.5 Å². The molecular formula is C23H19N3O4. The van der Waals surface area contributed by atoms with Crippen molar-refractivity contribution in [2.45, 2.75) is 0 Å². The number of rotatable bonds is 6. The van der Waals surface area contributed by atoms with Gasteiger partial charge >= 0.3 is 0 Å². The Hall–Kier alpha value is -4.39. The molecule has 0 unspecified atom stereocenters. The van der Waals surface area contributed by atoms with Gasteiger partial charge in [-0.3, -0.25) is 9.59 Å². The van der Waals surface area contributed by atoms with E-state index in [9.17, 15) is 19.8 Å². The van der Waals surface area contributed by atoms with E-state index in [4.69, 9.17) is 0 Å². The number of anilines is 1. The van der Waals surface area contributed by atoms with Crippen LogP contribution >= 0.6 is 0 Å². The third-order valence-corrected chi connectivity index (χ3v) is 4.04. The second-order valence-corrected chi connectivity index (χ2v) is 6.22. The van der Waals surface area contributed by atoms with Crippen molar-refractivity contribution in [3.05, 3.63) is 95.6 Å². The summed E-state index contributed by atoms with van der Waals surface area (Å²) >= 11 is 0. The number of hydrazone groups is 1. The molecule has 3 rings (SSSR count). The molecule has 2 amide bonds. The molecule has 7 heteroatoms. The van der Waals surface area contributed by atoms with E-state index in [2.05, 4.69) is 15.8 Å². The van der Waals surface area contributed by atoms with Crippen molar-refractivity contribution in [3.8, 4) is 11.5 Å². The Balaban J connectivity index is 1.66. The van der Waals surface area contributed by atoms with Gasteiger partial charge in [-0.2, -0.15) is 5.10 Å². The first-order valence-electron chi connectivity index (χ1n) is 9.01. The number of benzene rings is 3. The van der Waals surface area contributed by atoms with Crippen molar-refractivity contribution in [1.29, 1.82) is 0 Å². The summed E-state index contributed by atoms with van der Waals surface area (Å²) in [6, 6.07) is 19.9. The predicted molar refractivity (Wildman–Crippen MR) is 115 cm³/mol. The molecule has 3 aromatic carbocycles. The average Bonchev–Trinajstić information content (AvgIpc) is 2.75. The predicted octanol–water partition coefficient (Wildman–Crippen LogP) is 3.51. The van der Waals surface area contributed by atoms with Crippen LogP contribution in [0, 0.1) is 0 Å². The minimum absolute atomic E-state index is 0.0836. The maximum atomic E-state index is 12.5. The molecular weight excluding hydrogens is 382 g/mol. The monoisotopic (exact) mass is 401 g/mol. The highest BCUT2D eigenvalue weighted by molar-refractivity contribution is 6.07. The highest BCUT2D eigenvalue weighted by Crippen LogP contribution is 2.21. The summed E-state index contributed by atoms with van der Waals surface area (Å²) in [5, 5.41) is 25.5. The molecule has 150 valence electrons. The van der Waals surface area contributed by atoms with Gasteiger partial charge in [-0.05, 0) is 35.9 Å². The molecule has 4 N–H and O–H groups in total. The van der Waals surface area contributed by atoms with E-state index in [0.29, 0.717) is 11.3 Å². The van der Waals surface area contributed by atoms with E-state index >= 15 is 0 Å². The average molecular weight is 401 g/mol. The minimum atomic E-state index is -0.535. The SMILES string of the molecule is O=C(/C=C/c1ccccc1)Nc1ccccc1C(=O)N/N=C\c1ccc(O)cc1O. The molecule has 0 aliphatic rings. The van der Waals surface area contributed by atoms with Crippen molar-refractivity contribution in [2.75, 3.05) is 5.32 Å². The van der Waals surface area contributed by atoms with E-state index in [1.807, 2.05) is 30.3 Å². The zero-order valence-electron chi connectivity index (χ0n) is 15.8. The molecule has 0 saturated heterocycles. The number of carbonyl (C=O) groups excluding carboxylic acids is 2. The van der Waals surface area contributed by atoms with Gasteiger partial charge in [0.15, 0.2) is 0 Å². The van der Waals surface area contributed by atoms with Crippen LogP contribution in [0.2, 0.25) is 0 Å². The molecule has 7 nitrogen and oxygen atoms in total. The van der Waals surface area contributed by atoms with Gasteiger partial charge in [-0.25, -0.2) is 5.43 Å². The first-order valence-corrected chi connectivity index (χ1v) is 9.01. The molecule has 3 aromatic rings. The van der Waals surface area contributed by atoms with Crippen LogP contribution in [0.15, 0.2) is 84.0 Å². The Morgan fingerprint density at radius 2 is 1.63 bits per heavy atom. The topological polar surface area (TPSA) is 111 Å². The zero-order valence-corrected chi connectivity index (χ0v) is 15.8. The molecule has 0 heterocycles. The summed E-state index contributed by atoms with van der Waals surface area (Å²) in [7, 11) is 0. The molecule has 0 bridgehead atoms. The summed E-state index contributed by atoms with van der Waals surface area (Å²) in [5.74, 6) is -1.17. The van der Waals surface area contributed by atoms with Gasteiger partial charge in [0, 0.05) is 17.7 Å². The molecule has 0 aliphatic heterocycles. The molecule has 0 fully saturated rings. The van der Waals surface area contributed by atoms with Crippen molar-refractivity contribution < 1.29 is 19.8 Å². The van der Waals surface area contributed by atoms with Gasteiger partial charge in [0.1, 0.15) is 11.5 Å². The van der Waals surface area contributed by atoms with Gasteiger partial charge in [0.2, 0.25) is 5.91 Å². The molecule has 0 aromatic heterocycles. The minimum Gasteiger partial charge on any atom is -0.508 e. The molecule has 30 heavy (non-hydrogen) atoms. The number of nitrogens with one attached hydrogen (secondary N) is 2. The highest BCUT2D eigenvalue weighted by atomic mass is 16.3. The second-order valence-electron chi connectivity index (χ2n) is 6.22. The molecule has 0 spiro atoms. The highest BCUT2D eigenvalue weighted by Gasteiger charge is 2.11. The van der Waals surface area contributed by atoms with Crippen LogP contribution in [-0.4, -0.2) is 28.2 Å². The summed E-state index contributed by atoms with van der Waals surface area (Å²) in [6.45, 7) is 0. The Kier molecular flexibility index (Phi) is 6.58. The largest absolute Gasteiger partial charge is 0.508 e. The van der Waals surface area contributed by atoms with Crippen LogP contribution in [0.1, 0.15) is 21.5 Å². The summed E-state index contributed by atoms with van der Waals surface area (Å²) in [4.78, 5) is 24.7. The lowest BCUT2D eigenvalue weighted by Gasteiger charge is -2.08. The number of nitrogens with zero attached hydrogens (tertiary/aromatic N) is 1. The first-order chi connectivity index (χ1) is 14.5. The number of phenolic OH excluding ortho intramolecular Hbond substituents is 2. The van der Waals surface area contributed by atoms with E-state index < -0.39 is 5.91 Å². The van der Waals surface area contributed by atoms with Crippen LogP contribution in [0.4, 0.5) is 5.69 Å². The number of para-hydroxylation sites is 1. The number of hydrogen-bond donors (Lipinski definition) is 4. The Morgan fingerprint density at radius 3 is 2.40 bits per heavy atom. The second kappa shape index (κ2) is 9.70. The Bertz CT molecular complexity index is 1110. The van der Waals surface area contributed by atoms with Crippen molar-refractivity contribution in [3.63, 3.8) is 0 Å². The summed E-state index contributed by atoms with van der Waals surface area (Å²) in [5.41, 5.74) is 4.11. The maximum Gasteiger partial charge on any atom is 0.273 e. The smallest absolute Gasteiger partial charge is 0.273 e. The molecule has 0 saturated carbocycles. The van der Waals surface area contributed by atoms with Gasteiger partial charge in [-0.15, -0.1) is 0 Å². The fourth-order valence-electron chi connectivity index (χ4n) is 2.56. The van der Waals surface area contributed by atoms with Gasteiger partial charge in [0.25, 0.3) is 5.91 Å². The lowest BCUT2D eigenvalue weighted by molar-refractivity contribution is -0.111. The normalized spacial score (nSPS) is 10.9. The third kappa shape index (κ3) is 5.56. The Labute approximate surface area is 173 Å². The number of amides is 2. The first kappa shape index (κ1) is 20.3. The van der Waals surface area contributed by atoms with Crippen molar-refractivity contribution in [2.24, 2.45) is 5.10 Å². The molecule has 0 atom stereocenters. The number of phenols is 2. The number of aromatic hydroxyl groups is 2. The lowest BCUT2D eigenvalue weighted by Crippen LogP contribution is -2.20. The molecule has 0 aliphatic carbocycles. The van der Waals surface area contributed by atoms with Crippen LogP contribution in [0.5, 0.6) is 11.5 Å². The quantitative estimate of drug-likeness (QED) is 0.288. The number of hydrogen-bond acceptors (Lipinski definition) is 5. The lowest BCUT2D eigenvalue weighted by atomic mass is 10.1. The standard InChI is InChI=1S/C23H19N3O4/c27-18-12-11-17(21(28)14-18)15-24-26-23(30)19-8-4-5-9-20(19)25-22(29)13-10-16-6-2-1-3-7-16/h1-15,27-28H,(H,25,29)(H,26,30)/b13-10+,24-15-. The Morgan fingerprint density at radius 1 is 0.900 bits per heavy atom.